The number of benzene rings is 1. The average molecular weight is 276 g/mol. The van der Waals surface area contributed by atoms with Gasteiger partial charge in [0.2, 0.25) is 0 Å². The molecule has 0 amide bonds. The Bertz CT molecular complexity index is 527. The number of aromatic amines is 1. The van der Waals surface area contributed by atoms with Crippen molar-refractivity contribution in [1.29, 1.82) is 0 Å². The lowest BCUT2D eigenvalue weighted by Gasteiger charge is -2.09. The molecule has 1 N–H and O–H groups in total. The van der Waals surface area contributed by atoms with E-state index < -0.39 is 0 Å². The van der Waals surface area contributed by atoms with Crippen molar-refractivity contribution in [2.24, 2.45) is 0 Å². The highest BCUT2D eigenvalue weighted by Crippen LogP contribution is 2.22. The second kappa shape index (κ2) is 6.55. The van der Waals surface area contributed by atoms with Gasteiger partial charge in [-0.3, -0.25) is 0 Å². The molecule has 1 aromatic carbocycles. The normalized spacial score (nSPS) is 12.1. The Morgan fingerprint density at radius 1 is 1.32 bits per heavy atom. The largest absolute Gasteiger partial charge is 0.345 e. The Morgan fingerprint density at radius 2 is 2.05 bits per heavy atom. The van der Waals surface area contributed by atoms with Crippen LogP contribution in [0.3, 0.4) is 0 Å². The minimum Gasteiger partial charge on any atom is -0.345 e. The van der Waals surface area contributed by atoms with Crippen LogP contribution in [0.1, 0.15) is 17.8 Å². The van der Waals surface area contributed by atoms with Crippen LogP contribution in [0.5, 0.6) is 0 Å². The highest BCUT2D eigenvalue weighted by atomic mass is 35.5. The summed E-state index contributed by atoms with van der Waals surface area (Å²) < 4.78 is 0. The lowest BCUT2D eigenvalue weighted by atomic mass is 10.0. The van der Waals surface area contributed by atoms with Crippen LogP contribution < -0.4 is 0 Å². The van der Waals surface area contributed by atoms with Crippen molar-refractivity contribution in [1.82, 2.24) is 14.9 Å². The van der Waals surface area contributed by atoms with Crippen LogP contribution in [0.15, 0.2) is 42.7 Å². The van der Waals surface area contributed by atoms with E-state index in [0.717, 1.165) is 34.9 Å². The predicted molar refractivity (Wildman–Crippen MR) is 80.3 cm³/mol. The third-order valence-electron chi connectivity index (χ3n) is 2.83. The fourth-order valence-corrected chi connectivity index (χ4v) is 1.99. The van der Waals surface area contributed by atoms with Gasteiger partial charge >= 0.3 is 0 Å². The summed E-state index contributed by atoms with van der Waals surface area (Å²) in [7, 11) is 4.14. The fraction of sp³-hybridized carbons (Fsp3) is 0.267. The number of H-pyrrole nitrogens is 1. The minimum atomic E-state index is 0.746. The van der Waals surface area contributed by atoms with Gasteiger partial charge < -0.3 is 9.88 Å². The number of nitrogens with one attached hydrogen (secondary N) is 1. The maximum absolute atomic E-state index is 5.94. The molecule has 0 saturated carbocycles. The second-order valence-electron chi connectivity index (χ2n) is 4.65. The van der Waals surface area contributed by atoms with Crippen molar-refractivity contribution >= 4 is 17.2 Å². The number of imidazole rings is 1. The first-order valence-electron chi connectivity index (χ1n) is 6.27. The summed E-state index contributed by atoms with van der Waals surface area (Å²) in [6, 6.07) is 7.85. The maximum atomic E-state index is 5.94. The monoisotopic (exact) mass is 275 g/mol. The molecule has 0 saturated heterocycles. The van der Waals surface area contributed by atoms with Crippen molar-refractivity contribution in [2.45, 2.75) is 6.42 Å². The van der Waals surface area contributed by atoms with Gasteiger partial charge in [0.1, 0.15) is 5.82 Å². The number of hydrogen-bond donors (Lipinski definition) is 1. The van der Waals surface area contributed by atoms with Crippen molar-refractivity contribution in [3.8, 4) is 0 Å². The van der Waals surface area contributed by atoms with Crippen LogP contribution in [0.2, 0.25) is 5.02 Å². The van der Waals surface area contributed by atoms with Crippen LogP contribution in [0, 0.1) is 0 Å². The highest BCUT2D eigenvalue weighted by molar-refractivity contribution is 6.30. The molecule has 1 heterocycles. The molecule has 2 aromatic rings. The van der Waals surface area contributed by atoms with Gasteiger partial charge in [0.15, 0.2) is 0 Å². The summed E-state index contributed by atoms with van der Waals surface area (Å²) in [4.78, 5) is 9.67. The van der Waals surface area contributed by atoms with Crippen LogP contribution in [-0.2, 0) is 0 Å². The third-order valence-corrected chi connectivity index (χ3v) is 3.09. The predicted octanol–water partition coefficient (Wildman–Crippen LogP) is 3.45. The molecule has 0 bridgehead atoms. The van der Waals surface area contributed by atoms with E-state index in [2.05, 4.69) is 35.0 Å². The molecular formula is C15H18ClN3. The van der Waals surface area contributed by atoms with Gasteiger partial charge in [-0.05, 0) is 38.2 Å². The Morgan fingerprint density at radius 3 is 2.63 bits per heavy atom. The summed E-state index contributed by atoms with van der Waals surface area (Å²) in [5.41, 5.74) is 2.24. The Kier molecular flexibility index (Phi) is 4.77. The van der Waals surface area contributed by atoms with Crippen LogP contribution >= 0.6 is 11.6 Å². The molecule has 0 unspecified atom stereocenters. The van der Waals surface area contributed by atoms with Crippen LogP contribution in [0.25, 0.3) is 5.57 Å². The van der Waals surface area contributed by atoms with E-state index in [-0.39, 0.29) is 0 Å². The molecule has 0 radical (unpaired) electrons. The van der Waals surface area contributed by atoms with E-state index in [1.165, 1.54) is 0 Å². The molecule has 0 spiro atoms. The SMILES string of the molecule is CN(C)CC/C=C(\c1ccc(Cl)cc1)c1ncc[nH]1. The van der Waals surface area contributed by atoms with Gasteiger partial charge in [-0.15, -0.1) is 0 Å². The molecule has 0 fully saturated rings. The topological polar surface area (TPSA) is 31.9 Å². The highest BCUT2D eigenvalue weighted by Gasteiger charge is 2.07. The summed E-state index contributed by atoms with van der Waals surface area (Å²) in [6.07, 6.45) is 6.80. The standard InChI is InChI=1S/C15H18ClN3/c1-19(2)11-3-4-14(15-17-9-10-18-15)12-5-7-13(16)8-6-12/h4-10H,3,11H2,1-2H3,(H,17,18)/b14-4+. The number of rotatable bonds is 5. The van der Waals surface area contributed by atoms with E-state index in [1.54, 1.807) is 6.20 Å². The van der Waals surface area contributed by atoms with Gasteiger partial charge in [0, 0.05) is 29.5 Å². The number of halogens is 1. The zero-order valence-corrected chi connectivity index (χ0v) is 12.0. The fourth-order valence-electron chi connectivity index (χ4n) is 1.86. The van der Waals surface area contributed by atoms with Crippen LogP contribution in [0.4, 0.5) is 0 Å². The van der Waals surface area contributed by atoms with Crippen molar-refractivity contribution < 1.29 is 0 Å². The lowest BCUT2D eigenvalue weighted by Crippen LogP contribution is -2.12. The van der Waals surface area contributed by atoms with Gasteiger partial charge in [0.05, 0.1) is 0 Å². The lowest BCUT2D eigenvalue weighted by molar-refractivity contribution is 0.417. The number of aromatic nitrogens is 2. The quantitative estimate of drug-likeness (QED) is 0.906. The van der Waals surface area contributed by atoms with Crippen molar-refractivity contribution in [3.05, 3.63) is 59.1 Å². The first kappa shape index (κ1) is 13.8. The van der Waals surface area contributed by atoms with E-state index in [0.29, 0.717) is 0 Å². The van der Waals surface area contributed by atoms with E-state index >= 15 is 0 Å². The number of hydrogen-bond acceptors (Lipinski definition) is 2. The van der Waals surface area contributed by atoms with Crippen LogP contribution in [-0.4, -0.2) is 35.5 Å². The summed E-state index contributed by atoms with van der Waals surface area (Å²) in [6.45, 7) is 1.01. The molecule has 0 atom stereocenters. The molecule has 0 aliphatic heterocycles. The summed E-state index contributed by atoms with van der Waals surface area (Å²) in [5.74, 6) is 0.890. The average Bonchev–Trinajstić information content (AvgIpc) is 2.89. The first-order valence-corrected chi connectivity index (χ1v) is 6.65. The molecule has 2 rings (SSSR count). The van der Waals surface area contributed by atoms with Gasteiger partial charge in [-0.1, -0.05) is 29.8 Å². The van der Waals surface area contributed by atoms with Gasteiger partial charge in [-0.25, -0.2) is 4.98 Å². The van der Waals surface area contributed by atoms with E-state index in [1.807, 2.05) is 30.5 Å². The summed E-state index contributed by atoms with van der Waals surface area (Å²) >= 11 is 5.94. The molecular weight excluding hydrogens is 258 g/mol. The molecule has 4 heteroatoms. The molecule has 1 aromatic heterocycles. The Hall–Kier alpha value is -1.58. The van der Waals surface area contributed by atoms with Crippen molar-refractivity contribution in [3.63, 3.8) is 0 Å². The van der Waals surface area contributed by atoms with E-state index in [4.69, 9.17) is 11.6 Å². The first-order chi connectivity index (χ1) is 9.16. The molecule has 0 aliphatic carbocycles. The second-order valence-corrected chi connectivity index (χ2v) is 5.09. The van der Waals surface area contributed by atoms with Gasteiger partial charge in [0.25, 0.3) is 0 Å². The Labute approximate surface area is 118 Å². The van der Waals surface area contributed by atoms with E-state index in [9.17, 15) is 0 Å². The molecule has 3 nitrogen and oxygen atoms in total. The maximum Gasteiger partial charge on any atom is 0.137 e. The minimum absolute atomic E-state index is 0.746. The molecule has 19 heavy (non-hydrogen) atoms. The molecule has 100 valence electrons. The zero-order chi connectivity index (χ0) is 13.7. The molecule has 0 aliphatic rings. The van der Waals surface area contributed by atoms with Crippen molar-refractivity contribution in [2.75, 3.05) is 20.6 Å². The summed E-state index contributed by atoms with van der Waals surface area (Å²) in [5, 5.41) is 0.746. The van der Waals surface area contributed by atoms with Gasteiger partial charge in [-0.2, -0.15) is 0 Å². The third kappa shape index (κ3) is 3.94. The Balaban J connectivity index is 2.27. The smallest absolute Gasteiger partial charge is 0.137 e. The number of nitrogens with zero attached hydrogens (tertiary/aromatic N) is 2. The zero-order valence-electron chi connectivity index (χ0n) is 11.2.